The number of aromatic nitrogens is 2. The molecule has 0 saturated heterocycles. The Balaban J connectivity index is 1.31. The van der Waals surface area contributed by atoms with Gasteiger partial charge < -0.3 is 9.47 Å². The Kier molecular flexibility index (Phi) is 12.2. The van der Waals surface area contributed by atoms with Crippen molar-refractivity contribution in [3.8, 4) is 22.9 Å². The quantitative estimate of drug-likeness (QED) is 0.217. The molecule has 4 nitrogen and oxygen atoms in total. The molecular weight excluding hydrogens is 427 g/mol. The summed E-state index contributed by atoms with van der Waals surface area (Å²) in [6.45, 7) is 3.49. The first-order chi connectivity index (χ1) is 16.8. The lowest BCUT2D eigenvalue weighted by Gasteiger charge is -2.10. The van der Waals surface area contributed by atoms with Crippen LogP contribution >= 0.6 is 0 Å². The lowest BCUT2D eigenvalue weighted by Crippen LogP contribution is -2.00. The summed E-state index contributed by atoms with van der Waals surface area (Å²) in [5, 5.41) is 0. The molecule has 0 atom stereocenters. The van der Waals surface area contributed by atoms with E-state index >= 15 is 0 Å². The maximum atomic E-state index is 14.6. The molecule has 0 aliphatic heterocycles. The van der Waals surface area contributed by atoms with Crippen molar-refractivity contribution < 1.29 is 13.9 Å². The maximum absolute atomic E-state index is 14.6. The average molecular weight is 471 g/mol. The van der Waals surface area contributed by atoms with E-state index in [0.717, 1.165) is 18.8 Å². The highest BCUT2D eigenvalue weighted by Crippen LogP contribution is 2.29. The third-order valence-corrected chi connectivity index (χ3v) is 6.83. The summed E-state index contributed by atoms with van der Waals surface area (Å²) in [5.74, 6) is 2.18. The van der Waals surface area contributed by atoms with Crippen molar-refractivity contribution in [2.75, 3.05) is 13.2 Å². The van der Waals surface area contributed by atoms with Crippen LogP contribution in [0, 0.1) is 11.7 Å². The topological polar surface area (TPSA) is 44.2 Å². The van der Waals surface area contributed by atoms with Gasteiger partial charge in [-0.1, -0.05) is 90.4 Å². The van der Waals surface area contributed by atoms with Gasteiger partial charge in [0.15, 0.2) is 11.6 Å². The molecule has 1 heterocycles. The van der Waals surface area contributed by atoms with Gasteiger partial charge in [0.05, 0.1) is 31.2 Å². The van der Waals surface area contributed by atoms with Crippen molar-refractivity contribution in [2.24, 2.45) is 5.92 Å². The minimum absolute atomic E-state index is 0.358. The first kappa shape index (κ1) is 26.4. The fraction of sp³-hybridized carbons (Fsp3) is 0.655. The molecule has 34 heavy (non-hydrogen) atoms. The van der Waals surface area contributed by atoms with Crippen molar-refractivity contribution in [1.82, 2.24) is 9.97 Å². The fourth-order valence-corrected chi connectivity index (χ4v) is 4.75. The molecule has 188 valence electrons. The molecule has 3 rings (SSSR count). The molecule has 0 spiro atoms. The van der Waals surface area contributed by atoms with Crippen molar-refractivity contribution in [3.05, 3.63) is 36.4 Å². The molecule has 5 heteroatoms. The highest BCUT2D eigenvalue weighted by atomic mass is 19.1. The smallest absolute Gasteiger partial charge is 0.162 e. The van der Waals surface area contributed by atoms with E-state index in [1.54, 1.807) is 24.5 Å². The van der Waals surface area contributed by atoms with Crippen LogP contribution in [-0.2, 0) is 0 Å². The predicted molar refractivity (Wildman–Crippen MR) is 137 cm³/mol. The monoisotopic (exact) mass is 470 g/mol. The van der Waals surface area contributed by atoms with Crippen LogP contribution in [0.3, 0.4) is 0 Å². The molecule has 2 aromatic rings. The normalized spacial score (nSPS) is 13.9. The van der Waals surface area contributed by atoms with Gasteiger partial charge in [-0.25, -0.2) is 14.4 Å². The Bertz CT molecular complexity index is 806. The Labute approximate surface area is 205 Å². The van der Waals surface area contributed by atoms with Gasteiger partial charge in [-0.15, -0.1) is 0 Å². The largest absolute Gasteiger partial charge is 0.493 e. The summed E-state index contributed by atoms with van der Waals surface area (Å²) >= 11 is 0. The van der Waals surface area contributed by atoms with Crippen LogP contribution in [0.5, 0.6) is 11.5 Å². The fourth-order valence-electron chi connectivity index (χ4n) is 4.75. The first-order valence-corrected chi connectivity index (χ1v) is 13.6. The highest BCUT2D eigenvalue weighted by Gasteiger charge is 2.14. The molecule has 1 aromatic heterocycles. The summed E-state index contributed by atoms with van der Waals surface area (Å²) < 4.78 is 26.1. The van der Waals surface area contributed by atoms with Crippen LogP contribution in [0.1, 0.15) is 103 Å². The molecule has 1 aliphatic carbocycles. The van der Waals surface area contributed by atoms with Crippen molar-refractivity contribution in [3.63, 3.8) is 0 Å². The number of hydrogen-bond acceptors (Lipinski definition) is 4. The van der Waals surface area contributed by atoms with E-state index in [4.69, 9.17) is 9.47 Å². The number of unbranched alkanes of at least 4 members (excludes halogenated alkanes) is 8. The summed E-state index contributed by atoms with van der Waals surface area (Å²) in [4.78, 5) is 8.57. The zero-order valence-corrected chi connectivity index (χ0v) is 21.1. The van der Waals surface area contributed by atoms with Crippen LogP contribution in [-0.4, -0.2) is 23.2 Å². The van der Waals surface area contributed by atoms with Crippen LogP contribution in [0.15, 0.2) is 30.6 Å². The Morgan fingerprint density at radius 3 is 2.09 bits per heavy atom. The van der Waals surface area contributed by atoms with Gasteiger partial charge in [-0.3, -0.25) is 0 Å². The SMILES string of the molecule is CCCCCCCOc1cnc(-c2ccc(OCCCCCCCC3CCCC3)cc2F)nc1. The molecule has 0 bridgehead atoms. The molecule has 1 saturated carbocycles. The number of rotatable bonds is 17. The summed E-state index contributed by atoms with van der Waals surface area (Å²) in [5.41, 5.74) is 0.376. The maximum Gasteiger partial charge on any atom is 0.162 e. The van der Waals surface area contributed by atoms with E-state index in [2.05, 4.69) is 16.9 Å². The van der Waals surface area contributed by atoms with Gasteiger partial charge >= 0.3 is 0 Å². The van der Waals surface area contributed by atoms with E-state index in [9.17, 15) is 4.39 Å². The molecule has 0 N–H and O–H groups in total. The second-order valence-electron chi connectivity index (χ2n) is 9.70. The third-order valence-electron chi connectivity index (χ3n) is 6.83. The number of nitrogens with zero attached hydrogens (tertiary/aromatic N) is 2. The van der Waals surface area contributed by atoms with Crippen molar-refractivity contribution in [2.45, 2.75) is 103 Å². The number of halogens is 1. The first-order valence-electron chi connectivity index (χ1n) is 13.6. The van der Waals surface area contributed by atoms with Gasteiger partial charge in [-0.05, 0) is 30.9 Å². The minimum Gasteiger partial charge on any atom is -0.493 e. The standard InChI is InChI=1S/C29H43FN2O2/c1-2-3-4-7-12-20-34-26-22-31-29(32-23-26)27-18-17-25(21-28(27)30)33-19-13-8-5-6-9-14-24-15-10-11-16-24/h17-18,21-24H,2-16,19-20H2,1H3. The molecule has 0 unspecified atom stereocenters. The summed E-state index contributed by atoms with van der Waals surface area (Å²) in [6, 6.07) is 4.92. The number of hydrogen-bond donors (Lipinski definition) is 0. The van der Waals surface area contributed by atoms with Crippen LogP contribution in [0.2, 0.25) is 0 Å². The van der Waals surface area contributed by atoms with E-state index in [1.807, 2.05) is 0 Å². The molecule has 0 amide bonds. The number of benzene rings is 1. The summed E-state index contributed by atoms with van der Waals surface area (Å²) in [7, 11) is 0. The van der Waals surface area contributed by atoms with Gasteiger partial charge in [0.1, 0.15) is 11.6 Å². The molecule has 1 aromatic carbocycles. The van der Waals surface area contributed by atoms with Gasteiger partial charge in [0, 0.05) is 6.07 Å². The van der Waals surface area contributed by atoms with Gasteiger partial charge in [0.25, 0.3) is 0 Å². The van der Waals surface area contributed by atoms with Gasteiger partial charge in [-0.2, -0.15) is 0 Å². The van der Waals surface area contributed by atoms with Crippen LogP contribution in [0.4, 0.5) is 4.39 Å². The van der Waals surface area contributed by atoms with E-state index in [0.29, 0.717) is 36.1 Å². The minimum atomic E-state index is -0.367. The number of ether oxygens (including phenoxy) is 2. The highest BCUT2D eigenvalue weighted by molar-refractivity contribution is 5.57. The second-order valence-corrected chi connectivity index (χ2v) is 9.70. The summed E-state index contributed by atoms with van der Waals surface area (Å²) in [6.07, 6.45) is 22.5. The van der Waals surface area contributed by atoms with E-state index in [-0.39, 0.29) is 5.82 Å². The zero-order chi connectivity index (χ0) is 23.8. The second kappa shape index (κ2) is 15.7. The van der Waals surface area contributed by atoms with Crippen LogP contribution < -0.4 is 9.47 Å². The molecule has 1 aliphatic rings. The molecular formula is C29H43FN2O2. The zero-order valence-electron chi connectivity index (χ0n) is 21.1. The predicted octanol–water partition coefficient (Wildman–Crippen LogP) is 8.54. The van der Waals surface area contributed by atoms with E-state index < -0.39 is 0 Å². The average Bonchev–Trinajstić information content (AvgIpc) is 3.37. The Hall–Kier alpha value is -2.17. The molecule has 1 fully saturated rings. The van der Waals surface area contributed by atoms with Crippen molar-refractivity contribution >= 4 is 0 Å². The Morgan fingerprint density at radius 2 is 1.41 bits per heavy atom. The lowest BCUT2D eigenvalue weighted by molar-refractivity contribution is 0.302. The van der Waals surface area contributed by atoms with Crippen LogP contribution in [0.25, 0.3) is 11.4 Å². The Morgan fingerprint density at radius 1 is 0.794 bits per heavy atom. The third kappa shape index (κ3) is 9.60. The van der Waals surface area contributed by atoms with E-state index in [1.165, 1.54) is 89.5 Å². The van der Waals surface area contributed by atoms with Gasteiger partial charge in [0.2, 0.25) is 0 Å². The lowest BCUT2D eigenvalue weighted by atomic mass is 9.99. The molecule has 0 radical (unpaired) electrons. The van der Waals surface area contributed by atoms with Crippen molar-refractivity contribution in [1.29, 1.82) is 0 Å².